The van der Waals surface area contributed by atoms with Crippen LogP contribution in [0.15, 0.2) is 180 Å². The molecule has 3 heteroatoms. The summed E-state index contributed by atoms with van der Waals surface area (Å²) in [5.74, 6) is 7.23. The second-order valence-electron chi connectivity index (χ2n) is 11.9. The third kappa shape index (κ3) is 7.96. The Bertz CT molecular complexity index is 2070. The van der Waals surface area contributed by atoms with Crippen LogP contribution in [0.3, 0.4) is 0 Å². The Labute approximate surface area is 307 Å². The summed E-state index contributed by atoms with van der Waals surface area (Å²) in [6.07, 6.45) is 12.9. The monoisotopic (exact) mass is 842 g/mol. The minimum absolute atomic E-state index is 0.566. The van der Waals surface area contributed by atoms with Gasteiger partial charge in [0.1, 0.15) is 0 Å². The van der Waals surface area contributed by atoms with E-state index in [2.05, 4.69) is 199 Å². The molecule has 0 aliphatic carbocycles. The second-order valence-corrected chi connectivity index (χ2v) is 15.8. The van der Waals surface area contributed by atoms with Gasteiger partial charge in [-0.1, -0.05) is 36.4 Å². The summed E-state index contributed by atoms with van der Waals surface area (Å²) >= 11 is 1.78. The van der Waals surface area contributed by atoms with Crippen molar-refractivity contribution in [2.75, 3.05) is 13.2 Å². The van der Waals surface area contributed by atoms with E-state index in [0.29, 0.717) is 13.2 Å². The molecular formula is C47H39OOsP+. The Kier molecular flexibility index (Phi) is 12.0. The van der Waals surface area contributed by atoms with Gasteiger partial charge in [0.25, 0.3) is 0 Å². The van der Waals surface area contributed by atoms with Crippen molar-refractivity contribution < 1.29 is 22.7 Å². The van der Waals surface area contributed by atoms with Gasteiger partial charge in [-0.2, -0.15) is 0 Å². The van der Waals surface area contributed by atoms with Gasteiger partial charge in [-0.05, 0) is 12.5 Å². The number of allylic oxidation sites excluding steroid dienone is 5. The van der Waals surface area contributed by atoms with Crippen LogP contribution in [0.5, 0.6) is 0 Å². The molecule has 0 atom stereocenters. The molecule has 1 fully saturated rings. The molecule has 0 aromatic heterocycles. The summed E-state index contributed by atoms with van der Waals surface area (Å²) in [5.41, 5.74) is 7.81. The number of ether oxygens (including phenoxy) is 1. The number of hydrogen-bond acceptors (Lipinski definition) is 1. The molecule has 1 heterocycles. The Hall–Kier alpha value is -4.83. The van der Waals surface area contributed by atoms with Gasteiger partial charge in [0.15, 0.2) is 0 Å². The van der Waals surface area contributed by atoms with Crippen LogP contribution >= 0.6 is 7.26 Å². The first-order chi connectivity index (χ1) is 24.6. The van der Waals surface area contributed by atoms with E-state index < -0.39 is 7.26 Å². The van der Waals surface area contributed by atoms with Crippen LogP contribution in [0.2, 0.25) is 0 Å². The van der Waals surface area contributed by atoms with E-state index in [4.69, 9.17) is 4.74 Å². The van der Waals surface area contributed by atoms with E-state index in [9.17, 15) is 0 Å². The van der Waals surface area contributed by atoms with Crippen LogP contribution < -0.4 is 15.9 Å². The van der Waals surface area contributed by atoms with Gasteiger partial charge >= 0.3 is 261 Å². The molecule has 1 nitrogen and oxygen atoms in total. The van der Waals surface area contributed by atoms with E-state index in [-0.39, 0.29) is 0 Å². The molecule has 0 radical (unpaired) electrons. The first kappa shape index (κ1) is 35.0. The fourth-order valence-corrected chi connectivity index (χ4v) is 11.9. The van der Waals surface area contributed by atoms with Crippen molar-refractivity contribution in [3.8, 4) is 16.2 Å². The predicted molar refractivity (Wildman–Crippen MR) is 212 cm³/mol. The van der Waals surface area contributed by atoms with Crippen molar-refractivity contribution in [3.05, 3.63) is 202 Å². The Morgan fingerprint density at radius 3 is 1.52 bits per heavy atom. The maximum absolute atomic E-state index is 5.94. The quantitative estimate of drug-likeness (QED) is 0.0860. The summed E-state index contributed by atoms with van der Waals surface area (Å²) in [7, 11) is -2.42. The van der Waals surface area contributed by atoms with Gasteiger partial charge < -0.3 is 0 Å². The first-order valence-corrected chi connectivity index (χ1v) is 19.8. The summed E-state index contributed by atoms with van der Waals surface area (Å²) in [4.78, 5) is 0. The SMILES string of the molecule is CC=C1COCC1=CC(C#Cc1ccc(/C=C/c2ccc(/C=C/C)cc2)cc1)=C([C]#[Os])[P+](c1ccccc1)(c1ccccc1)c1ccccc1. The van der Waals surface area contributed by atoms with Gasteiger partial charge in [-0.15, -0.1) is 0 Å². The van der Waals surface area contributed by atoms with Crippen molar-refractivity contribution in [3.63, 3.8) is 0 Å². The summed E-state index contributed by atoms with van der Waals surface area (Å²) in [5, 5.41) is 4.93. The zero-order chi connectivity index (χ0) is 34.6. The number of benzene rings is 5. The Balaban J connectivity index is 1.50. The van der Waals surface area contributed by atoms with E-state index in [1.807, 2.05) is 6.92 Å². The molecule has 1 aliphatic heterocycles. The Morgan fingerprint density at radius 2 is 1.06 bits per heavy atom. The fraction of sp³-hybridized carbons (Fsp3) is 0.0851. The molecule has 0 spiro atoms. The minimum atomic E-state index is -2.42. The molecule has 0 N–H and O–H groups in total. The zero-order valence-electron chi connectivity index (χ0n) is 28.4. The molecule has 50 heavy (non-hydrogen) atoms. The van der Waals surface area contributed by atoms with Crippen molar-refractivity contribution >= 4 is 41.4 Å². The van der Waals surface area contributed by atoms with E-state index in [0.717, 1.165) is 22.0 Å². The van der Waals surface area contributed by atoms with Crippen molar-refractivity contribution in [2.45, 2.75) is 13.8 Å². The molecule has 5 aromatic rings. The topological polar surface area (TPSA) is 9.23 Å². The van der Waals surface area contributed by atoms with Crippen LogP contribution in [0.1, 0.15) is 36.1 Å². The molecule has 245 valence electrons. The molecule has 0 amide bonds. The second kappa shape index (κ2) is 17.2. The van der Waals surface area contributed by atoms with Crippen LogP contribution in [0.25, 0.3) is 18.2 Å². The van der Waals surface area contributed by atoms with Crippen molar-refractivity contribution in [1.29, 1.82) is 0 Å². The van der Waals surface area contributed by atoms with Crippen LogP contribution in [-0.2, 0) is 22.7 Å². The van der Waals surface area contributed by atoms with Crippen molar-refractivity contribution in [2.24, 2.45) is 0 Å². The molecular weight excluding hydrogens is 802 g/mol. The maximum atomic E-state index is 5.94. The van der Waals surface area contributed by atoms with Crippen LogP contribution in [-0.4, -0.2) is 13.2 Å². The van der Waals surface area contributed by atoms with Crippen LogP contribution in [0.4, 0.5) is 0 Å². The Morgan fingerprint density at radius 1 is 0.600 bits per heavy atom. The molecule has 0 saturated carbocycles. The van der Waals surface area contributed by atoms with Gasteiger partial charge in [-0.3, -0.25) is 0 Å². The number of hydrogen-bond donors (Lipinski definition) is 0. The van der Waals surface area contributed by atoms with E-state index in [1.54, 1.807) is 17.9 Å². The standard InChI is InChI=1S/C47H39OP.Os/c1-4-15-38-22-24-39(25-23-38)26-27-40-28-30-41(31-29-40)32-33-43(34-44-36-48-35-42(44)5-2)37(3)49(45-16-9-6-10-17-45,46-18-11-7-12-19-46)47-20-13-8-14-21-47;/h4-31,34H,35-36H2,1-2H3;/q+1;/b15-4+,27-26+,42-5?,43-37?,44-34?;. The molecule has 6 rings (SSSR count). The molecule has 0 bridgehead atoms. The number of rotatable bonds is 8. The van der Waals surface area contributed by atoms with Gasteiger partial charge in [0.2, 0.25) is 0 Å². The molecule has 0 unspecified atom stereocenters. The van der Waals surface area contributed by atoms with E-state index >= 15 is 0 Å². The van der Waals surface area contributed by atoms with Crippen molar-refractivity contribution in [1.82, 2.24) is 0 Å². The average molecular weight is 841 g/mol. The zero-order valence-corrected chi connectivity index (χ0v) is 31.8. The van der Waals surface area contributed by atoms with Gasteiger partial charge in [0, 0.05) is 0 Å². The predicted octanol–water partition coefficient (Wildman–Crippen LogP) is 9.90. The van der Waals surface area contributed by atoms with E-state index in [1.165, 1.54) is 38.2 Å². The van der Waals surface area contributed by atoms with Crippen LogP contribution in [0, 0.1) is 16.2 Å². The third-order valence-corrected chi connectivity index (χ3v) is 14.1. The summed E-state index contributed by atoms with van der Waals surface area (Å²) in [6.45, 7) is 5.30. The average Bonchev–Trinajstić information content (AvgIpc) is 3.64. The first-order valence-electron chi connectivity index (χ1n) is 16.8. The van der Waals surface area contributed by atoms with Gasteiger partial charge in [0.05, 0.1) is 0 Å². The molecule has 1 saturated heterocycles. The third-order valence-electron chi connectivity index (χ3n) is 8.72. The molecule has 5 aromatic carbocycles. The normalized spacial score (nSPS) is 15.2. The summed E-state index contributed by atoms with van der Waals surface area (Å²) < 4.78 is 9.71. The molecule has 1 aliphatic rings. The summed E-state index contributed by atoms with van der Waals surface area (Å²) in [6, 6.07) is 49.8. The van der Waals surface area contributed by atoms with Gasteiger partial charge in [-0.25, -0.2) is 0 Å². The fourth-order valence-electron chi connectivity index (χ4n) is 6.19.